The molecule has 0 saturated heterocycles. The summed E-state index contributed by atoms with van der Waals surface area (Å²) in [5.74, 6) is 1.16. The number of nitrogens with zero attached hydrogens (tertiary/aromatic N) is 2. The number of nitrogens with one attached hydrogen (secondary N) is 2. The Morgan fingerprint density at radius 2 is 1.97 bits per heavy atom. The van der Waals surface area contributed by atoms with Crippen LogP contribution < -0.4 is 21.1 Å². The number of imidazole rings is 1. The number of carbonyl (C=O) groups excluding carboxylic acids is 2. The molecule has 0 saturated carbocycles. The van der Waals surface area contributed by atoms with Gasteiger partial charge in [0.1, 0.15) is 17.6 Å². The van der Waals surface area contributed by atoms with E-state index < -0.39 is 12.1 Å². The van der Waals surface area contributed by atoms with E-state index >= 15 is 0 Å². The maximum absolute atomic E-state index is 12.9. The van der Waals surface area contributed by atoms with Crippen molar-refractivity contribution < 1.29 is 14.3 Å². The number of benzene rings is 2. The maximum Gasteiger partial charge on any atom is 0.312 e. The average molecular weight is 393 g/mol. The van der Waals surface area contributed by atoms with E-state index in [4.69, 9.17) is 10.5 Å². The minimum Gasteiger partial charge on any atom is -0.497 e. The van der Waals surface area contributed by atoms with Crippen LogP contribution in [0.5, 0.6) is 5.75 Å². The molecule has 0 aliphatic carbocycles. The number of hydrogen-bond acceptors (Lipinski definition) is 4. The zero-order chi connectivity index (χ0) is 20.8. The van der Waals surface area contributed by atoms with Gasteiger partial charge in [0.25, 0.3) is 5.91 Å². The number of ether oxygens (including phenoxy) is 1. The van der Waals surface area contributed by atoms with Crippen LogP contribution in [0, 0.1) is 0 Å². The van der Waals surface area contributed by atoms with Crippen molar-refractivity contribution in [3.05, 3.63) is 83.4 Å². The zero-order valence-corrected chi connectivity index (χ0v) is 16.3. The lowest BCUT2D eigenvalue weighted by Gasteiger charge is -2.20. The van der Waals surface area contributed by atoms with Crippen molar-refractivity contribution in [1.82, 2.24) is 20.2 Å². The van der Waals surface area contributed by atoms with Gasteiger partial charge in [-0.25, -0.2) is 9.78 Å². The van der Waals surface area contributed by atoms with Crippen LogP contribution >= 0.6 is 0 Å². The number of nitrogens with two attached hydrogens (primary N) is 1. The molecular weight excluding hydrogens is 370 g/mol. The Bertz CT molecular complexity index is 998. The predicted octanol–water partition coefficient (Wildman–Crippen LogP) is 2.12. The molecule has 8 heteroatoms. The van der Waals surface area contributed by atoms with Crippen molar-refractivity contribution >= 4 is 11.9 Å². The molecule has 0 radical (unpaired) electrons. The molecule has 1 heterocycles. The van der Waals surface area contributed by atoms with E-state index in [-0.39, 0.29) is 5.91 Å². The van der Waals surface area contributed by atoms with E-state index in [1.807, 2.05) is 42.1 Å². The van der Waals surface area contributed by atoms with Gasteiger partial charge < -0.3 is 25.7 Å². The fraction of sp³-hybridized carbons (Fsp3) is 0.190. The summed E-state index contributed by atoms with van der Waals surface area (Å²) >= 11 is 0. The highest BCUT2D eigenvalue weighted by atomic mass is 16.5. The van der Waals surface area contributed by atoms with Gasteiger partial charge in [0, 0.05) is 31.5 Å². The molecule has 29 heavy (non-hydrogen) atoms. The molecule has 150 valence electrons. The second-order valence-electron chi connectivity index (χ2n) is 6.49. The third-order valence-electron chi connectivity index (χ3n) is 4.50. The van der Waals surface area contributed by atoms with E-state index in [2.05, 4.69) is 15.6 Å². The van der Waals surface area contributed by atoms with Gasteiger partial charge in [-0.15, -0.1) is 0 Å². The van der Waals surface area contributed by atoms with Gasteiger partial charge in [-0.3, -0.25) is 4.79 Å². The van der Waals surface area contributed by atoms with Crippen molar-refractivity contribution in [2.75, 3.05) is 7.11 Å². The topological polar surface area (TPSA) is 111 Å². The van der Waals surface area contributed by atoms with Crippen molar-refractivity contribution in [1.29, 1.82) is 0 Å². The molecule has 0 aliphatic heterocycles. The van der Waals surface area contributed by atoms with Gasteiger partial charge in [0.15, 0.2) is 0 Å². The monoisotopic (exact) mass is 393 g/mol. The van der Waals surface area contributed by atoms with Crippen LogP contribution in [0.3, 0.4) is 0 Å². The highest BCUT2D eigenvalue weighted by Crippen LogP contribution is 2.24. The molecule has 1 aromatic heterocycles. The first kappa shape index (κ1) is 19.9. The van der Waals surface area contributed by atoms with Gasteiger partial charge in [-0.1, -0.05) is 24.3 Å². The third kappa shape index (κ3) is 4.92. The van der Waals surface area contributed by atoms with Gasteiger partial charge in [-0.05, 0) is 35.4 Å². The largest absolute Gasteiger partial charge is 0.497 e. The average Bonchev–Trinajstić information content (AvgIpc) is 3.16. The van der Waals surface area contributed by atoms with Crippen molar-refractivity contribution in [2.45, 2.75) is 12.6 Å². The normalized spacial score (nSPS) is 11.5. The van der Waals surface area contributed by atoms with Crippen LogP contribution in [0.25, 0.3) is 0 Å². The molecule has 1 atom stereocenters. The first-order valence-corrected chi connectivity index (χ1v) is 9.02. The highest BCUT2D eigenvalue weighted by Gasteiger charge is 2.22. The maximum atomic E-state index is 12.9. The van der Waals surface area contributed by atoms with Gasteiger partial charge in [-0.2, -0.15) is 0 Å². The third-order valence-corrected chi connectivity index (χ3v) is 4.50. The molecule has 1 unspecified atom stereocenters. The van der Waals surface area contributed by atoms with Crippen LogP contribution in [0.15, 0.2) is 60.9 Å². The summed E-state index contributed by atoms with van der Waals surface area (Å²) in [7, 11) is 3.48. The summed E-state index contributed by atoms with van der Waals surface area (Å²) in [4.78, 5) is 28.1. The number of carbonyl (C=O) groups is 2. The molecule has 8 nitrogen and oxygen atoms in total. The number of primary amides is 1. The Labute approximate surface area is 168 Å². The van der Waals surface area contributed by atoms with E-state index in [0.717, 1.165) is 11.1 Å². The van der Waals surface area contributed by atoms with E-state index in [1.54, 1.807) is 37.6 Å². The van der Waals surface area contributed by atoms with Gasteiger partial charge in [0.2, 0.25) is 0 Å². The lowest BCUT2D eigenvalue weighted by atomic mass is 10.0. The summed E-state index contributed by atoms with van der Waals surface area (Å²) in [5, 5.41) is 5.56. The summed E-state index contributed by atoms with van der Waals surface area (Å²) in [5.41, 5.74) is 7.27. The molecule has 2 aromatic carbocycles. The van der Waals surface area contributed by atoms with Crippen molar-refractivity contribution in [3.8, 4) is 5.75 Å². The lowest BCUT2D eigenvalue weighted by molar-refractivity contribution is 0.0941. The first-order chi connectivity index (χ1) is 14.0. The molecule has 3 amide bonds. The minimum absolute atomic E-state index is 0.241. The molecule has 0 aliphatic rings. The molecule has 0 fully saturated rings. The van der Waals surface area contributed by atoms with E-state index in [1.165, 1.54) is 0 Å². The molecule has 3 aromatic rings. The van der Waals surface area contributed by atoms with E-state index in [9.17, 15) is 9.59 Å². The second-order valence-corrected chi connectivity index (χ2v) is 6.49. The molecular formula is C21H23N5O3. The Morgan fingerprint density at radius 3 is 2.59 bits per heavy atom. The molecule has 4 N–H and O–H groups in total. The second kappa shape index (κ2) is 8.92. The smallest absolute Gasteiger partial charge is 0.312 e. The van der Waals surface area contributed by atoms with Crippen molar-refractivity contribution in [3.63, 3.8) is 0 Å². The highest BCUT2D eigenvalue weighted by molar-refractivity contribution is 5.94. The summed E-state index contributed by atoms with van der Waals surface area (Å²) in [6.07, 6.45) is 3.52. The van der Waals surface area contributed by atoms with Crippen LogP contribution in [-0.4, -0.2) is 28.6 Å². The number of methoxy groups -OCH3 is 1. The molecule has 0 bridgehead atoms. The Morgan fingerprint density at radius 1 is 1.21 bits per heavy atom. The SMILES string of the molecule is COc1cccc(C(NC(=O)c2ccc(CNC(N)=O)cc2)c2nccn2C)c1. The summed E-state index contributed by atoms with van der Waals surface area (Å²) < 4.78 is 7.18. The number of aromatic nitrogens is 2. The molecule has 3 rings (SSSR count). The number of hydrogen-bond donors (Lipinski definition) is 3. The van der Waals surface area contributed by atoms with Crippen LogP contribution in [0.2, 0.25) is 0 Å². The summed E-state index contributed by atoms with van der Waals surface area (Å²) in [6.45, 7) is 0.303. The predicted molar refractivity (Wildman–Crippen MR) is 108 cm³/mol. The van der Waals surface area contributed by atoms with Crippen LogP contribution in [-0.2, 0) is 13.6 Å². The quantitative estimate of drug-likeness (QED) is 0.571. The van der Waals surface area contributed by atoms with Crippen LogP contribution in [0.1, 0.15) is 33.4 Å². The fourth-order valence-electron chi connectivity index (χ4n) is 2.95. The zero-order valence-electron chi connectivity index (χ0n) is 16.3. The Balaban J connectivity index is 1.83. The number of urea groups is 1. The Kier molecular flexibility index (Phi) is 6.13. The van der Waals surface area contributed by atoms with Crippen LogP contribution in [0.4, 0.5) is 4.79 Å². The van der Waals surface area contributed by atoms with Gasteiger partial charge in [0.05, 0.1) is 7.11 Å². The standard InChI is InChI=1S/C21H23N5O3/c1-26-11-10-23-19(26)18(16-4-3-5-17(12-16)29-2)25-20(27)15-8-6-14(7-9-15)13-24-21(22)28/h3-12,18H,13H2,1-2H3,(H,25,27)(H3,22,24,28). The van der Waals surface area contributed by atoms with Crippen molar-refractivity contribution in [2.24, 2.45) is 12.8 Å². The molecule has 0 spiro atoms. The number of aryl methyl sites for hydroxylation is 1. The first-order valence-electron chi connectivity index (χ1n) is 9.02. The lowest BCUT2D eigenvalue weighted by Crippen LogP contribution is -2.31. The summed E-state index contributed by atoms with van der Waals surface area (Å²) in [6, 6.07) is 13.4. The number of rotatable bonds is 7. The minimum atomic E-state index is -0.594. The number of amides is 3. The Hall–Kier alpha value is -3.81. The fourth-order valence-corrected chi connectivity index (χ4v) is 2.95. The van der Waals surface area contributed by atoms with Gasteiger partial charge >= 0.3 is 6.03 Å². The van der Waals surface area contributed by atoms with E-state index in [0.29, 0.717) is 23.7 Å².